The maximum absolute atomic E-state index is 13.4. The van der Waals surface area contributed by atoms with Gasteiger partial charge in [0.15, 0.2) is 0 Å². The highest BCUT2D eigenvalue weighted by Crippen LogP contribution is 2.38. The van der Waals surface area contributed by atoms with Crippen LogP contribution < -0.4 is 5.56 Å². The van der Waals surface area contributed by atoms with E-state index in [9.17, 15) is 14.7 Å². The molecular formula is C26H29N3O4. The molecule has 3 aromatic rings. The lowest BCUT2D eigenvalue weighted by atomic mass is 9.88. The summed E-state index contributed by atoms with van der Waals surface area (Å²) in [5, 5.41) is 11.3. The predicted octanol–water partition coefficient (Wildman–Crippen LogP) is 3.91. The van der Waals surface area contributed by atoms with Crippen molar-refractivity contribution in [2.45, 2.75) is 58.2 Å². The number of phenolic OH excluding ortho intramolecular Hbond substituents is 1. The highest BCUT2D eigenvalue weighted by Gasteiger charge is 2.34. The summed E-state index contributed by atoms with van der Waals surface area (Å²) in [4.78, 5) is 32.9. The summed E-state index contributed by atoms with van der Waals surface area (Å²) in [7, 11) is 3.92. The van der Waals surface area contributed by atoms with E-state index in [1.807, 2.05) is 37.2 Å². The Labute approximate surface area is 192 Å². The second-order valence-corrected chi connectivity index (χ2v) is 9.37. The molecule has 0 radical (unpaired) electrons. The molecular weight excluding hydrogens is 418 g/mol. The number of carbonyl (C=O) groups is 1. The van der Waals surface area contributed by atoms with Crippen molar-refractivity contribution in [3.8, 4) is 17.1 Å². The summed E-state index contributed by atoms with van der Waals surface area (Å²) < 4.78 is 7.13. The van der Waals surface area contributed by atoms with Gasteiger partial charge in [-0.15, -0.1) is 0 Å². The molecule has 33 heavy (non-hydrogen) atoms. The number of aromatic hydroxyl groups is 1. The van der Waals surface area contributed by atoms with Gasteiger partial charge < -0.3 is 19.3 Å². The van der Waals surface area contributed by atoms with Gasteiger partial charge in [0.25, 0.3) is 5.56 Å². The SMILES string of the molecule is CCCCCC1C(=O)OCc2c1cc1n(c2=O)Cc2cc3c(CN(C)C)c(O)ccc3nc2-1. The summed E-state index contributed by atoms with van der Waals surface area (Å²) in [6.45, 7) is 3.17. The van der Waals surface area contributed by atoms with Gasteiger partial charge in [-0.2, -0.15) is 0 Å². The van der Waals surface area contributed by atoms with Gasteiger partial charge in [0.05, 0.1) is 34.9 Å². The molecule has 1 N–H and O–H groups in total. The van der Waals surface area contributed by atoms with E-state index in [0.29, 0.717) is 25.1 Å². The van der Waals surface area contributed by atoms with E-state index in [0.717, 1.165) is 58.2 Å². The van der Waals surface area contributed by atoms with E-state index in [1.54, 1.807) is 10.6 Å². The molecule has 0 fully saturated rings. The van der Waals surface area contributed by atoms with Gasteiger partial charge in [0.2, 0.25) is 0 Å². The van der Waals surface area contributed by atoms with Crippen LogP contribution in [0.25, 0.3) is 22.3 Å². The summed E-state index contributed by atoms with van der Waals surface area (Å²) >= 11 is 0. The number of hydrogen-bond acceptors (Lipinski definition) is 6. The van der Waals surface area contributed by atoms with E-state index in [4.69, 9.17) is 9.72 Å². The lowest BCUT2D eigenvalue weighted by Crippen LogP contribution is -2.32. The predicted molar refractivity (Wildman–Crippen MR) is 126 cm³/mol. The molecule has 0 bridgehead atoms. The third kappa shape index (κ3) is 3.60. The quantitative estimate of drug-likeness (QED) is 0.356. The van der Waals surface area contributed by atoms with E-state index in [2.05, 4.69) is 6.92 Å². The fraction of sp³-hybridized carbons (Fsp3) is 0.423. The zero-order valence-electron chi connectivity index (χ0n) is 19.4. The van der Waals surface area contributed by atoms with Crippen LogP contribution in [0.1, 0.15) is 60.8 Å². The van der Waals surface area contributed by atoms with Crippen molar-refractivity contribution < 1.29 is 14.6 Å². The van der Waals surface area contributed by atoms with Gasteiger partial charge >= 0.3 is 5.97 Å². The number of pyridine rings is 2. The van der Waals surface area contributed by atoms with Crippen LogP contribution in [0.5, 0.6) is 5.75 Å². The van der Waals surface area contributed by atoms with Crippen molar-refractivity contribution in [3.05, 3.63) is 56.9 Å². The normalized spacial score (nSPS) is 16.6. The fourth-order valence-corrected chi connectivity index (χ4v) is 5.09. The molecule has 172 valence electrons. The second-order valence-electron chi connectivity index (χ2n) is 9.37. The summed E-state index contributed by atoms with van der Waals surface area (Å²) in [5.41, 5.74) is 5.36. The Kier molecular flexibility index (Phi) is 5.44. The van der Waals surface area contributed by atoms with Crippen LogP contribution in [0.4, 0.5) is 0 Å². The molecule has 0 aliphatic carbocycles. The molecule has 0 saturated heterocycles. The average Bonchev–Trinajstić information content (AvgIpc) is 3.14. The maximum atomic E-state index is 13.4. The molecule has 1 atom stereocenters. The lowest BCUT2D eigenvalue weighted by Gasteiger charge is -2.25. The van der Waals surface area contributed by atoms with E-state index < -0.39 is 5.92 Å². The smallest absolute Gasteiger partial charge is 0.313 e. The van der Waals surface area contributed by atoms with Crippen LogP contribution in [0.2, 0.25) is 0 Å². The Morgan fingerprint density at radius 3 is 2.79 bits per heavy atom. The highest BCUT2D eigenvalue weighted by atomic mass is 16.5. The first kappa shape index (κ1) is 21.6. The van der Waals surface area contributed by atoms with Crippen molar-refractivity contribution >= 4 is 16.9 Å². The minimum absolute atomic E-state index is 0.0319. The number of unbranched alkanes of at least 4 members (excludes halogenated alkanes) is 2. The molecule has 2 aliphatic rings. The molecule has 2 aliphatic heterocycles. The highest BCUT2D eigenvalue weighted by molar-refractivity contribution is 5.89. The summed E-state index contributed by atoms with van der Waals surface area (Å²) in [5.74, 6) is -0.393. The summed E-state index contributed by atoms with van der Waals surface area (Å²) in [6, 6.07) is 7.52. The number of esters is 1. The van der Waals surface area contributed by atoms with Gasteiger partial charge in [-0.25, -0.2) is 4.98 Å². The zero-order chi connectivity index (χ0) is 23.3. The van der Waals surface area contributed by atoms with Crippen LogP contribution in [0, 0.1) is 0 Å². The van der Waals surface area contributed by atoms with Crippen LogP contribution in [-0.2, 0) is 29.2 Å². The topological polar surface area (TPSA) is 84.7 Å². The number of ether oxygens (including phenoxy) is 1. The number of fused-ring (bicyclic) bond motifs is 5. The largest absolute Gasteiger partial charge is 0.508 e. The third-order valence-corrected chi connectivity index (χ3v) is 6.76. The standard InChI is InChI=1S/C26H29N3O4/c1-4-5-6-7-16-17-11-22-24-15(12-29(22)25(31)20(17)14-33-26(16)32)10-18-19(13-28(2)3)23(30)9-8-21(18)27-24/h8-11,16,30H,4-7,12-14H2,1-3H3. The number of phenols is 1. The number of aromatic nitrogens is 2. The van der Waals surface area contributed by atoms with Crippen molar-refractivity contribution in [1.29, 1.82) is 0 Å². The number of benzene rings is 1. The Balaban J connectivity index is 1.64. The second kappa shape index (κ2) is 8.30. The van der Waals surface area contributed by atoms with Crippen LogP contribution in [0.15, 0.2) is 29.1 Å². The van der Waals surface area contributed by atoms with Crippen molar-refractivity contribution in [1.82, 2.24) is 14.5 Å². The molecule has 0 saturated carbocycles. The van der Waals surface area contributed by atoms with Gasteiger partial charge in [-0.1, -0.05) is 26.2 Å². The van der Waals surface area contributed by atoms with Crippen LogP contribution in [0.3, 0.4) is 0 Å². The first-order valence-corrected chi connectivity index (χ1v) is 11.6. The molecule has 0 spiro atoms. The molecule has 2 aromatic heterocycles. The lowest BCUT2D eigenvalue weighted by molar-refractivity contribution is -0.148. The minimum Gasteiger partial charge on any atom is -0.508 e. The first-order valence-electron chi connectivity index (χ1n) is 11.6. The Morgan fingerprint density at radius 1 is 1.21 bits per heavy atom. The van der Waals surface area contributed by atoms with Gasteiger partial charge in [-0.3, -0.25) is 9.59 Å². The molecule has 1 aromatic carbocycles. The number of cyclic esters (lactones) is 1. The fourth-order valence-electron chi connectivity index (χ4n) is 5.09. The van der Waals surface area contributed by atoms with Gasteiger partial charge in [-0.05, 0) is 50.3 Å². The molecule has 1 unspecified atom stereocenters. The monoisotopic (exact) mass is 447 g/mol. The van der Waals surface area contributed by atoms with Crippen molar-refractivity contribution in [2.24, 2.45) is 0 Å². The van der Waals surface area contributed by atoms with Crippen LogP contribution in [-0.4, -0.2) is 39.6 Å². The van der Waals surface area contributed by atoms with E-state index in [-0.39, 0.29) is 23.9 Å². The zero-order valence-corrected chi connectivity index (χ0v) is 19.4. The first-order chi connectivity index (χ1) is 15.9. The van der Waals surface area contributed by atoms with Crippen LogP contribution >= 0.6 is 0 Å². The van der Waals surface area contributed by atoms with Crippen molar-refractivity contribution in [2.75, 3.05) is 14.1 Å². The molecule has 7 nitrogen and oxygen atoms in total. The van der Waals surface area contributed by atoms with E-state index >= 15 is 0 Å². The minimum atomic E-state index is -0.396. The van der Waals surface area contributed by atoms with Gasteiger partial charge in [0, 0.05) is 23.1 Å². The summed E-state index contributed by atoms with van der Waals surface area (Å²) in [6.07, 6.45) is 3.72. The average molecular weight is 448 g/mol. The molecule has 4 heterocycles. The number of carbonyl (C=O) groups excluding carboxylic acids is 1. The molecule has 0 amide bonds. The third-order valence-electron chi connectivity index (χ3n) is 6.76. The Morgan fingerprint density at radius 2 is 2.03 bits per heavy atom. The van der Waals surface area contributed by atoms with E-state index in [1.165, 1.54) is 0 Å². The number of rotatable bonds is 6. The molecule has 7 heteroatoms. The Hall–Kier alpha value is -3.19. The van der Waals surface area contributed by atoms with Crippen molar-refractivity contribution in [3.63, 3.8) is 0 Å². The Bertz CT molecular complexity index is 1330. The number of hydrogen-bond donors (Lipinski definition) is 1. The number of nitrogens with zero attached hydrogens (tertiary/aromatic N) is 3. The molecule has 5 rings (SSSR count). The maximum Gasteiger partial charge on any atom is 0.313 e. The van der Waals surface area contributed by atoms with Gasteiger partial charge in [0.1, 0.15) is 12.4 Å².